The maximum Gasteiger partial charge on any atom is 0.328 e. The van der Waals surface area contributed by atoms with Crippen molar-refractivity contribution in [3.05, 3.63) is 42.0 Å². The summed E-state index contributed by atoms with van der Waals surface area (Å²) in [6.45, 7) is 3.98. The number of benzene rings is 1. The lowest BCUT2D eigenvalue weighted by molar-refractivity contribution is -0.145. The lowest BCUT2D eigenvalue weighted by atomic mass is 10.2. The van der Waals surface area contributed by atoms with Crippen molar-refractivity contribution in [1.29, 1.82) is 0 Å². The lowest BCUT2D eigenvalue weighted by Crippen LogP contribution is -2.41. The Kier molecular flexibility index (Phi) is 4.25. The summed E-state index contributed by atoms with van der Waals surface area (Å²) in [7, 11) is -3.70. The monoisotopic (exact) mass is 295 g/mol. The number of rotatable bonds is 4. The van der Waals surface area contributed by atoms with Crippen molar-refractivity contribution in [2.45, 2.75) is 24.8 Å². The molecule has 2 rings (SSSR count). The first-order valence-electron chi connectivity index (χ1n) is 6.38. The van der Waals surface area contributed by atoms with Crippen LogP contribution < -0.4 is 0 Å². The molecule has 1 aliphatic heterocycles. The van der Waals surface area contributed by atoms with E-state index in [9.17, 15) is 13.2 Å². The van der Waals surface area contributed by atoms with Gasteiger partial charge in [0.25, 0.3) is 0 Å². The van der Waals surface area contributed by atoms with Gasteiger partial charge in [-0.1, -0.05) is 29.8 Å². The Morgan fingerprint density at radius 2 is 2.00 bits per heavy atom. The smallest absolute Gasteiger partial charge is 0.328 e. The van der Waals surface area contributed by atoms with E-state index in [1.165, 1.54) is 0 Å². The number of ether oxygens (including phenoxy) is 1. The molecule has 108 valence electrons. The van der Waals surface area contributed by atoms with Gasteiger partial charge in [-0.25, -0.2) is 13.2 Å². The summed E-state index contributed by atoms with van der Waals surface area (Å²) in [5.74, 6) is -0.545. The minimum atomic E-state index is -3.70. The van der Waals surface area contributed by atoms with Gasteiger partial charge in [-0.05, 0) is 26.0 Å². The summed E-state index contributed by atoms with van der Waals surface area (Å²) in [6.07, 6.45) is 3.22. The number of hydrogen-bond acceptors (Lipinski definition) is 4. The van der Waals surface area contributed by atoms with E-state index in [2.05, 4.69) is 0 Å². The number of carbonyl (C=O) groups excluding carboxylic acids is 1. The molecule has 1 heterocycles. The number of aryl methyl sites for hydroxylation is 1. The average Bonchev–Trinajstić information content (AvgIpc) is 2.89. The van der Waals surface area contributed by atoms with E-state index in [0.717, 1.165) is 9.87 Å². The topological polar surface area (TPSA) is 63.7 Å². The van der Waals surface area contributed by atoms with Crippen molar-refractivity contribution in [3.63, 3.8) is 0 Å². The standard InChI is InChI=1S/C14H17NO4S/c1-3-19-14(16)13-5-4-10-15(13)20(17,18)12-8-6-11(2)7-9-12/h4-9,13H,3,10H2,1-2H3. The normalized spacial score (nSPS) is 19.2. The van der Waals surface area contributed by atoms with Crippen LogP contribution >= 0.6 is 0 Å². The number of hydrogen-bond donors (Lipinski definition) is 0. The van der Waals surface area contributed by atoms with Crippen LogP contribution in [-0.4, -0.2) is 37.9 Å². The number of nitrogens with zero attached hydrogens (tertiary/aromatic N) is 1. The molecule has 0 aromatic heterocycles. The molecule has 0 radical (unpaired) electrons. The average molecular weight is 295 g/mol. The van der Waals surface area contributed by atoms with E-state index in [-0.39, 0.29) is 18.0 Å². The minimum absolute atomic E-state index is 0.180. The molecule has 0 amide bonds. The zero-order valence-corrected chi connectivity index (χ0v) is 12.3. The third kappa shape index (κ3) is 2.76. The Labute approximate surface area is 118 Å². The van der Waals surface area contributed by atoms with Crippen LogP contribution in [0.5, 0.6) is 0 Å². The SMILES string of the molecule is CCOC(=O)C1C=CCN1S(=O)(=O)c1ccc(C)cc1. The van der Waals surface area contributed by atoms with E-state index in [4.69, 9.17) is 4.74 Å². The molecule has 0 aliphatic carbocycles. The number of carbonyl (C=O) groups is 1. The van der Waals surface area contributed by atoms with Gasteiger partial charge in [0.15, 0.2) is 0 Å². The van der Waals surface area contributed by atoms with Crippen LogP contribution in [0.25, 0.3) is 0 Å². The van der Waals surface area contributed by atoms with Gasteiger partial charge in [0, 0.05) is 6.54 Å². The van der Waals surface area contributed by atoms with Crippen molar-refractivity contribution in [3.8, 4) is 0 Å². The predicted molar refractivity (Wildman–Crippen MR) is 74.6 cm³/mol. The van der Waals surface area contributed by atoms with Crippen LogP contribution in [0.4, 0.5) is 0 Å². The highest BCUT2D eigenvalue weighted by atomic mass is 32.2. The Morgan fingerprint density at radius 1 is 1.35 bits per heavy atom. The summed E-state index contributed by atoms with van der Waals surface area (Å²) >= 11 is 0. The molecule has 1 unspecified atom stereocenters. The summed E-state index contributed by atoms with van der Waals surface area (Å²) in [4.78, 5) is 12.0. The summed E-state index contributed by atoms with van der Waals surface area (Å²) in [6, 6.07) is 5.68. The van der Waals surface area contributed by atoms with Gasteiger partial charge in [0.2, 0.25) is 10.0 Å². The molecule has 1 atom stereocenters. The molecular weight excluding hydrogens is 278 g/mol. The predicted octanol–water partition coefficient (Wildman–Crippen LogP) is 1.49. The highest BCUT2D eigenvalue weighted by Crippen LogP contribution is 2.23. The Balaban J connectivity index is 2.29. The Morgan fingerprint density at radius 3 is 2.60 bits per heavy atom. The molecule has 0 bridgehead atoms. The van der Waals surface area contributed by atoms with Crippen LogP contribution in [-0.2, 0) is 19.6 Å². The second kappa shape index (κ2) is 5.76. The van der Waals surface area contributed by atoms with Gasteiger partial charge in [-0.3, -0.25) is 0 Å². The van der Waals surface area contributed by atoms with Crippen molar-refractivity contribution in [1.82, 2.24) is 4.31 Å². The molecule has 0 fully saturated rings. The first-order chi connectivity index (χ1) is 9.46. The van der Waals surface area contributed by atoms with Crippen molar-refractivity contribution >= 4 is 16.0 Å². The second-order valence-corrected chi connectivity index (χ2v) is 6.40. The van der Waals surface area contributed by atoms with E-state index >= 15 is 0 Å². The molecule has 1 aromatic carbocycles. The van der Waals surface area contributed by atoms with E-state index in [1.54, 1.807) is 43.3 Å². The molecule has 0 saturated heterocycles. The van der Waals surface area contributed by atoms with E-state index < -0.39 is 22.0 Å². The fourth-order valence-electron chi connectivity index (χ4n) is 2.02. The van der Waals surface area contributed by atoms with Crippen molar-refractivity contribution in [2.75, 3.05) is 13.2 Å². The van der Waals surface area contributed by atoms with Gasteiger partial charge < -0.3 is 4.74 Å². The highest BCUT2D eigenvalue weighted by molar-refractivity contribution is 7.89. The van der Waals surface area contributed by atoms with Gasteiger partial charge in [0.05, 0.1) is 11.5 Å². The van der Waals surface area contributed by atoms with Crippen molar-refractivity contribution in [2.24, 2.45) is 0 Å². The van der Waals surface area contributed by atoms with E-state index in [1.807, 2.05) is 6.92 Å². The summed E-state index contributed by atoms with van der Waals surface area (Å²) in [5, 5.41) is 0. The molecule has 6 heteroatoms. The maximum atomic E-state index is 12.5. The molecule has 20 heavy (non-hydrogen) atoms. The quantitative estimate of drug-likeness (QED) is 0.623. The third-order valence-electron chi connectivity index (χ3n) is 3.07. The second-order valence-electron chi connectivity index (χ2n) is 4.51. The zero-order chi connectivity index (χ0) is 14.8. The molecule has 0 N–H and O–H groups in total. The maximum absolute atomic E-state index is 12.5. The molecule has 0 spiro atoms. The molecular formula is C14H17NO4S. The van der Waals surface area contributed by atoms with Gasteiger partial charge in [0.1, 0.15) is 6.04 Å². The summed E-state index contributed by atoms with van der Waals surface area (Å²) < 4.78 is 31.1. The summed E-state index contributed by atoms with van der Waals surface area (Å²) in [5.41, 5.74) is 0.977. The number of sulfonamides is 1. The van der Waals surface area contributed by atoms with Gasteiger partial charge in [-0.15, -0.1) is 0 Å². The van der Waals surface area contributed by atoms with Crippen LogP contribution in [0.15, 0.2) is 41.3 Å². The van der Waals surface area contributed by atoms with Gasteiger partial charge in [-0.2, -0.15) is 4.31 Å². The van der Waals surface area contributed by atoms with Crippen LogP contribution in [0.2, 0.25) is 0 Å². The molecule has 1 aliphatic rings. The van der Waals surface area contributed by atoms with Crippen molar-refractivity contribution < 1.29 is 17.9 Å². The molecule has 5 nitrogen and oxygen atoms in total. The first-order valence-corrected chi connectivity index (χ1v) is 7.82. The van der Waals surface area contributed by atoms with Crippen LogP contribution in [0.3, 0.4) is 0 Å². The molecule has 1 aromatic rings. The highest BCUT2D eigenvalue weighted by Gasteiger charge is 2.37. The largest absolute Gasteiger partial charge is 0.465 e. The molecule has 0 saturated carbocycles. The van der Waals surface area contributed by atoms with Crippen LogP contribution in [0.1, 0.15) is 12.5 Å². The van der Waals surface area contributed by atoms with Gasteiger partial charge >= 0.3 is 5.97 Å². The van der Waals surface area contributed by atoms with Crippen LogP contribution in [0, 0.1) is 6.92 Å². The fourth-order valence-corrected chi connectivity index (χ4v) is 3.51. The third-order valence-corrected chi connectivity index (χ3v) is 4.93. The Bertz CT molecular complexity index is 619. The number of esters is 1. The Hall–Kier alpha value is -1.66. The minimum Gasteiger partial charge on any atom is -0.465 e. The zero-order valence-electron chi connectivity index (χ0n) is 11.4. The fraction of sp³-hybridized carbons (Fsp3) is 0.357. The lowest BCUT2D eigenvalue weighted by Gasteiger charge is -2.22. The van der Waals surface area contributed by atoms with E-state index in [0.29, 0.717) is 0 Å². The first kappa shape index (κ1) is 14.7.